The van der Waals surface area contributed by atoms with Crippen LogP contribution >= 0.6 is 0 Å². The normalized spacial score (nSPS) is 24.8. The summed E-state index contributed by atoms with van der Waals surface area (Å²) in [4.78, 5) is 4.84. The van der Waals surface area contributed by atoms with Crippen LogP contribution in [0.3, 0.4) is 0 Å². The van der Waals surface area contributed by atoms with E-state index in [1.807, 2.05) is 0 Å². The van der Waals surface area contributed by atoms with E-state index in [4.69, 9.17) is 9.26 Å². The molecule has 1 aromatic heterocycles. The maximum absolute atomic E-state index is 9.75. The third kappa shape index (κ3) is 6.13. The molecule has 6 heteroatoms. The second kappa shape index (κ2) is 11.0. The standard InChI is InChI=1S/C28H43N3O3/c1-30(2)18-25-27(33-19-22-3-4-22)12-10-24-26(29-34-28(24)25)11-7-20-13-15-31(16-14-20)17-21-5-8-23(32)9-6-21/h10,12,20-23,32H,3-9,11,13-19H2,1-2H3/t21-,23+. The zero-order valence-corrected chi connectivity index (χ0v) is 21.2. The fourth-order valence-corrected chi connectivity index (χ4v) is 5.86. The van der Waals surface area contributed by atoms with Gasteiger partial charge in [-0.3, -0.25) is 0 Å². The molecule has 6 nitrogen and oxygen atoms in total. The number of fused-ring (bicyclic) bond motifs is 1. The molecule has 34 heavy (non-hydrogen) atoms. The van der Waals surface area contributed by atoms with E-state index in [0.717, 1.165) is 78.1 Å². The summed E-state index contributed by atoms with van der Waals surface area (Å²) in [6, 6.07) is 4.29. The van der Waals surface area contributed by atoms with E-state index in [2.05, 4.69) is 41.2 Å². The van der Waals surface area contributed by atoms with Gasteiger partial charge in [-0.2, -0.15) is 0 Å². The van der Waals surface area contributed by atoms with Crippen molar-refractivity contribution in [3.8, 4) is 5.75 Å². The molecule has 2 heterocycles. The number of likely N-dealkylation sites (tertiary alicyclic amines) is 1. The van der Waals surface area contributed by atoms with E-state index in [1.54, 1.807) is 0 Å². The lowest BCUT2D eigenvalue weighted by atomic mass is 9.86. The van der Waals surface area contributed by atoms with Crippen molar-refractivity contribution in [2.75, 3.05) is 40.3 Å². The highest BCUT2D eigenvalue weighted by Crippen LogP contribution is 2.35. The van der Waals surface area contributed by atoms with Gasteiger partial charge in [0.05, 0.1) is 24.0 Å². The highest BCUT2D eigenvalue weighted by atomic mass is 16.5. The molecule has 1 N–H and O–H groups in total. The van der Waals surface area contributed by atoms with Crippen LogP contribution in [0, 0.1) is 17.8 Å². The Morgan fingerprint density at radius 2 is 1.74 bits per heavy atom. The number of benzene rings is 1. The minimum Gasteiger partial charge on any atom is -0.493 e. The second-order valence-electron chi connectivity index (χ2n) is 11.5. The molecule has 0 unspecified atom stereocenters. The lowest BCUT2D eigenvalue weighted by molar-refractivity contribution is 0.0842. The topological polar surface area (TPSA) is 62.0 Å². The molecule has 188 valence electrons. The minimum atomic E-state index is -0.0459. The first-order valence-corrected chi connectivity index (χ1v) is 13.6. The highest BCUT2D eigenvalue weighted by Gasteiger charge is 2.26. The van der Waals surface area contributed by atoms with Gasteiger partial charge < -0.3 is 24.2 Å². The van der Waals surface area contributed by atoms with Crippen molar-refractivity contribution in [1.29, 1.82) is 0 Å². The summed E-state index contributed by atoms with van der Waals surface area (Å²) in [6.45, 7) is 5.28. The molecule has 3 aliphatic rings. The molecule has 0 radical (unpaired) electrons. The molecule has 1 aromatic carbocycles. The number of hydrogen-bond donors (Lipinski definition) is 1. The monoisotopic (exact) mass is 469 g/mol. The summed E-state index contributed by atoms with van der Waals surface area (Å²) in [5.41, 5.74) is 3.14. The molecule has 1 saturated heterocycles. The Morgan fingerprint density at radius 3 is 2.44 bits per heavy atom. The molecule has 2 aliphatic carbocycles. The van der Waals surface area contributed by atoms with E-state index in [-0.39, 0.29) is 6.10 Å². The van der Waals surface area contributed by atoms with Crippen molar-refractivity contribution in [2.24, 2.45) is 17.8 Å². The van der Waals surface area contributed by atoms with Gasteiger partial charge in [-0.15, -0.1) is 0 Å². The summed E-state index contributed by atoms with van der Waals surface area (Å²) in [5.74, 6) is 3.25. The summed E-state index contributed by atoms with van der Waals surface area (Å²) < 4.78 is 12.1. The molecule has 0 bridgehead atoms. The van der Waals surface area contributed by atoms with Gasteiger partial charge in [-0.25, -0.2) is 0 Å². The number of ether oxygens (including phenoxy) is 1. The van der Waals surface area contributed by atoms with Crippen molar-refractivity contribution in [3.05, 3.63) is 23.4 Å². The van der Waals surface area contributed by atoms with Crippen molar-refractivity contribution in [3.63, 3.8) is 0 Å². The van der Waals surface area contributed by atoms with Crippen molar-refractivity contribution in [1.82, 2.24) is 15.0 Å². The number of piperidine rings is 1. The van der Waals surface area contributed by atoms with Crippen LogP contribution in [0.15, 0.2) is 16.7 Å². The van der Waals surface area contributed by atoms with Crippen LogP contribution in [0.1, 0.15) is 69.0 Å². The molecular weight excluding hydrogens is 426 g/mol. The predicted octanol–water partition coefficient (Wildman–Crippen LogP) is 4.87. The van der Waals surface area contributed by atoms with Crippen molar-refractivity contribution < 1.29 is 14.4 Å². The third-order valence-electron chi connectivity index (χ3n) is 8.25. The highest BCUT2D eigenvalue weighted by molar-refractivity contribution is 5.84. The van der Waals surface area contributed by atoms with Gasteiger partial charge in [0.25, 0.3) is 0 Å². The van der Waals surface area contributed by atoms with Crippen LogP contribution in [0.4, 0.5) is 0 Å². The van der Waals surface area contributed by atoms with Crippen LogP contribution in [0.2, 0.25) is 0 Å². The fourth-order valence-electron chi connectivity index (χ4n) is 5.86. The SMILES string of the molecule is CN(C)Cc1c(OCC2CC2)ccc2c(CCC3CCN(C[C@H]4CC[C@@H](O)CC4)CC3)noc12. The first kappa shape index (κ1) is 24.1. The number of nitrogens with zero attached hydrogens (tertiary/aromatic N) is 3. The Morgan fingerprint density at radius 1 is 1.00 bits per heavy atom. The average molecular weight is 470 g/mol. The maximum Gasteiger partial charge on any atom is 0.175 e. The van der Waals surface area contributed by atoms with Crippen LogP contribution in [0.25, 0.3) is 11.0 Å². The Bertz CT molecular complexity index is 922. The summed E-state index contributed by atoms with van der Waals surface area (Å²) in [6.07, 6.45) is 11.7. The molecule has 3 fully saturated rings. The zero-order chi connectivity index (χ0) is 23.5. The first-order chi connectivity index (χ1) is 16.5. The van der Waals surface area contributed by atoms with Crippen LogP contribution < -0.4 is 4.74 Å². The lowest BCUT2D eigenvalue weighted by Crippen LogP contribution is -2.38. The van der Waals surface area contributed by atoms with Gasteiger partial charge >= 0.3 is 0 Å². The Balaban J connectivity index is 1.15. The number of rotatable bonds is 10. The predicted molar refractivity (Wildman–Crippen MR) is 135 cm³/mol. The van der Waals surface area contributed by atoms with Gasteiger partial charge in [-0.05, 0) is 121 Å². The third-order valence-corrected chi connectivity index (χ3v) is 8.25. The minimum absolute atomic E-state index is 0.0459. The van der Waals surface area contributed by atoms with Crippen molar-refractivity contribution >= 4 is 11.0 Å². The molecular formula is C28H43N3O3. The lowest BCUT2D eigenvalue weighted by Gasteiger charge is -2.36. The fraction of sp³-hybridized carbons (Fsp3) is 0.750. The number of aromatic nitrogens is 1. The van der Waals surface area contributed by atoms with Gasteiger partial charge in [0.1, 0.15) is 5.75 Å². The average Bonchev–Trinajstić information content (AvgIpc) is 3.57. The first-order valence-electron chi connectivity index (χ1n) is 13.6. The largest absolute Gasteiger partial charge is 0.493 e. The quantitative estimate of drug-likeness (QED) is 0.535. The van der Waals surface area contributed by atoms with Gasteiger partial charge in [-0.1, -0.05) is 5.16 Å². The summed E-state index contributed by atoms with van der Waals surface area (Å²) in [5, 5.41) is 15.4. The van der Waals surface area contributed by atoms with E-state index < -0.39 is 0 Å². The Labute approximate surface area is 204 Å². The molecule has 2 saturated carbocycles. The van der Waals surface area contributed by atoms with Crippen LogP contribution in [-0.2, 0) is 13.0 Å². The molecule has 0 spiro atoms. The molecule has 2 aromatic rings. The van der Waals surface area contributed by atoms with Crippen LogP contribution in [0.5, 0.6) is 5.75 Å². The Kier molecular flexibility index (Phi) is 7.77. The maximum atomic E-state index is 9.75. The number of aryl methyl sites for hydroxylation is 1. The summed E-state index contributed by atoms with van der Waals surface area (Å²) in [7, 11) is 4.18. The van der Waals surface area contributed by atoms with Gasteiger partial charge in [0.15, 0.2) is 5.58 Å². The number of aliphatic hydroxyl groups excluding tert-OH is 1. The number of hydrogen-bond acceptors (Lipinski definition) is 6. The molecule has 1 aliphatic heterocycles. The van der Waals surface area contributed by atoms with Crippen molar-refractivity contribution in [2.45, 2.75) is 76.9 Å². The smallest absolute Gasteiger partial charge is 0.175 e. The van der Waals surface area contributed by atoms with Gasteiger partial charge in [0.2, 0.25) is 0 Å². The Hall–Kier alpha value is -1.63. The van der Waals surface area contributed by atoms with E-state index in [9.17, 15) is 5.11 Å². The molecule has 5 rings (SSSR count). The van der Waals surface area contributed by atoms with E-state index >= 15 is 0 Å². The molecule has 0 atom stereocenters. The van der Waals surface area contributed by atoms with Crippen LogP contribution in [-0.4, -0.2) is 66.5 Å². The van der Waals surface area contributed by atoms with E-state index in [1.165, 1.54) is 64.6 Å². The second-order valence-corrected chi connectivity index (χ2v) is 11.5. The van der Waals surface area contributed by atoms with E-state index in [0.29, 0.717) is 0 Å². The molecule has 0 amide bonds. The van der Waals surface area contributed by atoms with Gasteiger partial charge in [0, 0.05) is 18.5 Å². The number of aliphatic hydroxyl groups is 1. The summed E-state index contributed by atoms with van der Waals surface area (Å²) >= 11 is 0. The zero-order valence-electron chi connectivity index (χ0n) is 21.2.